The van der Waals surface area contributed by atoms with Gasteiger partial charge in [-0.2, -0.15) is 26.3 Å². The Hall–Kier alpha value is -3.04. The first-order chi connectivity index (χ1) is 17.5. The van der Waals surface area contributed by atoms with Crippen molar-refractivity contribution in [2.45, 2.75) is 56.7 Å². The van der Waals surface area contributed by atoms with Crippen molar-refractivity contribution in [1.29, 1.82) is 0 Å². The first kappa shape index (κ1) is 25.6. The quantitative estimate of drug-likeness (QED) is 0.320. The van der Waals surface area contributed by atoms with E-state index in [1.54, 1.807) is 0 Å². The fourth-order valence-corrected chi connectivity index (χ4v) is 6.66. The Kier molecular flexibility index (Phi) is 6.48. The van der Waals surface area contributed by atoms with E-state index in [0.717, 1.165) is 62.1 Å². The minimum Gasteiger partial charge on any atom is -0.454 e. The average Bonchev–Trinajstić information content (AvgIpc) is 3.40. The second-order valence-electron chi connectivity index (χ2n) is 10.0. The lowest BCUT2D eigenvalue weighted by atomic mass is 9.69. The largest absolute Gasteiger partial charge is 0.454 e. The van der Waals surface area contributed by atoms with Gasteiger partial charge in [-0.3, -0.25) is 0 Å². The molecule has 4 nitrogen and oxygen atoms in total. The Balaban J connectivity index is 1.44. The number of carbonyl (C=O) groups is 2. The third kappa shape index (κ3) is 4.70. The third-order valence-electron chi connectivity index (χ3n) is 8.08. The molecule has 37 heavy (non-hydrogen) atoms. The molecule has 3 aliphatic rings. The smallest absolute Gasteiger partial charge is 0.417 e. The Labute approximate surface area is 208 Å². The molecule has 0 aliphatic heterocycles. The second kappa shape index (κ2) is 9.36. The minimum atomic E-state index is -4.79. The maximum Gasteiger partial charge on any atom is 0.417 e. The van der Waals surface area contributed by atoms with Crippen molar-refractivity contribution >= 4 is 11.9 Å². The summed E-state index contributed by atoms with van der Waals surface area (Å²) in [5.41, 5.74) is -3.62. The van der Waals surface area contributed by atoms with Crippen LogP contribution in [0.15, 0.2) is 48.5 Å². The lowest BCUT2D eigenvalue weighted by molar-refractivity contribution is -0.139. The van der Waals surface area contributed by atoms with E-state index in [0.29, 0.717) is 6.42 Å². The maximum atomic E-state index is 13.5. The molecule has 0 saturated heterocycles. The standard InChI is InChI=1S/C27H24F6O4/c28-26(29,30)20-11-5-3-9-16(20)24(34)36-22-18-13-19(15-8-2-1-7-14(15)18)23(22)37-25(35)17-10-4-6-12-21(17)27(31,32)33/h3-6,9-12,14-15,18-19,22-23H,1-2,7-8,13H2. The summed E-state index contributed by atoms with van der Waals surface area (Å²) >= 11 is 0. The summed E-state index contributed by atoms with van der Waals surface area (Å²) in [4.78, 5) is 26.0. The van der Waals surface area contributed by atoms with Crippen LogP contribution in [0.4, 0.5) is 26.3 Å². The van der Waals surface area contributed by atoms with Crippen LogP contribution in [0.2, 0.25) is 0 Å². The van der Waals surface area contributed by atoms with Gasteiger partial charge in [0, 0.05) is 11.8 Å². The monoisotopic (exact) mass is 526 g/mol. The summed E-state index contributed by atoms with van der Waals surface area (Å²) in [5, 5.41) is 0. The summed E-state index contributed by atoms with van der Waals surface area (Å²) in [7, 11) is 0. The van der Waals surface area contributed by atoms with Crippen molar-refractivity contribution in [3.63, 3.8) is 0 Å². The van der Waals surface area contributed by atoms with Crippen LogP contribution in [-0.4, -0.2) is 24.1 Å². The highest BCUT2D eigenvalue weighted by Gasteiger charge is 2.61. The molecule has 10 heteroatoms. The van der Waals surface area contributed by atoms with Gasteiger partial charge in [-0.1, -0.05) is 37.1 Å². The van der Waals surface area contributed by atoms with E-state index in [9.17, 15) is 35.9 Å². The molecule has 6 atom stereocenters. The zero-order valence-electron chi connectivity index (χ0n) is 19.5. The van der Waals surface area contributed by atoms with Gasteiger partial charge in [0.15, 0.2) is 0 Å². The highest BCUT2D eigenvalue weighted by atomic mass is 19.4. The third-order valence-corrected chi connectivity index (χ3v) is 8.08. The molecule has 0 heterocycles. The molecule has 0 spiro atoms. The van der Waals surface area contributed by atoms with Crippen LogP contribution in [0.25, 0.3) is 0 Å². The number of alkyl halides is 6. The zero-order chi connectivity index (χ0) is 26.5. The van der Waals surface area contributed by atoms with Crippen molar-refractivity contribution < 1.29 is 45.4 Å². The number of hydrogen-bond donors (Lipinski definition) is 0. The molecule has 2 aromatic rings. The number of hydrogen-bond acceptors (Lipinski definition) is 4. The molecular formula is C27H24F6O4. The molecule has 198 valence electrons. The SMILES string of the molecule is O=C(OC1C2CC(C3CCCCC32)C1OC(=O)c1ccccc1C(F)(F)F)c1ccccc1C(F)(F)F. The van der Waals surface area contributed by atoms with Gasteiger partial charge in [0.25, 0.3) is 0 Å². The van der Waals surface area contributed by atoms with Gasteiger partial charge in [0.05, 0.1) is 22.3 Å². The summed E-state index contributed by atoms with van der Waals surface area (Å²) < 4.78 is 92.2. The summed E-state index contributed by atoms with van der Waals surface area (Å²) in [6.07, 6.45) is -7.48. The number of carbonyl (C=O) groups excluding carboxylic acids is 2. The molecule has 2 bridgehead atoms. The number of esters is 2. The first-order valence-corrected chi connectivity index (χ1v) is 12.2. The fraction of sp³-hybridized carbons (Fsp3) is 0.481. The maximum absolute atomic E-state index is 13.5. The number of fused-ring (bicyclic) bond motifs is 5. The fourth-order valence-electron chi connectivity index (χ4n) is 6.66. The van der Waals surface area contributed by atoms with Gasteiger partial charge in [0.2, 0.25) is 0 Å². The van der Waals surface area contributed by atoms with E-state index in [1.165, 1.54) is 12.1 Å². The van der Waals surface area contributed by atoms with Crippen LogP contribution < -0.4 is 0 Å². The molecule has 3 fully saturated rings. The Morgan fingerprint density at radius 3 is 1.38 bits per heavy atom. The van der Waals surface area contributed by atoms with E-state index in [4.69, 9.17) is 9.47 Å². The van der Waals surface area contributed by atoms with E-state index in [1.807, 2.05) is 0 Å². The van der Waals surface area contributed by atoms with Crippen LogP contribution in [0.1, 0.15) is 63.9 Å². The summed E-state index contributed by atoms with van der Waals surface area (Å²) in [6, 6.07) is 8.48. The number of halogens is 6. The van der Waals surface area contributed by atoms with Gasteiger partial charge in [-0.15, -0.1) is 0 Å². The van der Waals surface area contributed by atoms with Crippen LogP contribution in [0.5, 0.6) is 0 Å². The molecule has 0 amide bonds. The molecule has 0 N–H and O–H groups in total. The first-order valence-electron chi connectivity index (χ1n) is 12.2. The van der Waals surface area contributed by atoms with Crippen molar-refractivity contribution in [2.24, 2.45) is 23.7 Å². The van der Waals surface area contributed by atoms with Crippen LogP contribution in [0.3, 0.4) is 0 Å². The van der Waals surface area contributed by atoms with E-state index >= 15 is 0 Å². The molecule has 3 saturated carbocycles. The second-order valence-corrected chi connectivity index (χ2v) is 10.0. The van der Waals surface area contributed by atoms with Gasteiger partial charge in [-0.05, 0) is 55.4 Å². The van der Waals surface area contributed by atoms with E-state index in [-0.39, 0.29) is 23.7 Å². The highest BCUT2D eigenvalue weighted by Crippen LogP contribution is 2.59. The number of rotatable bonds is 4. The van der Waals surface area contributed by atoms with Crippen molar-refractivity contribution in [1.82, 2.24) is 0 Å². The molecule has 0 radical (unpaired) electrons. The van der Waals surface area contributed by atoms with Crippen molar-refractivity contribution in [3.05, 3.63) is 70.8 Å². The van der Waals surface area contributed by atoms with Crippen molar-refractivity contribution in [2.75, 3.05) is 0 Å². The summed E-state index contributed by atoms with van der Waals surface area (Å²) in [5.74, 6) is -2.57. The Morgan fingerprint density at radius 2 is 1.00 bits per heavy atom. The molecular weight excluding hydrogens is 502 g/mol. The van der Waals surface area contributed by atoms with Crippen molar-refractivity contribution in [3.8, 4) is 0 Å². The Bertz CT molecular complexity index is 1100. The van der Waals surface area contributed by atoms with Crippen LogP contribution in [0, 0.1) is 23.7 Å². The molecule has 5 rings (SSSR count). The summed E-state index contributed by atoms with van der Waals surface area (Å²) in [6.45, 7) is 0. The molecule has 6 unspecified atom stereocenters. The normalized spacial score (nSPS) is 29.0. The zero-order valence-corrected chi connectivity index (χ0v) is 19.5. The topological polar surface area (TPSA) is 52.6 Å². The Morgan fingerprint density at radius 1 is 0.622 bits per heavy atom. The highest BCUT2D eigenvalue weighted by molar-refractivity contribution is 5.92. The van der Waals surface area contributed by atoms with Crippen LogP contribution >= 0.6 is 0 Å². The molecule has 3 aliphatic carbocycles. The number of benzene rings is 2. The van der Waals surface area contributed by atoms with E-state index < -0.39 is 58.8 Å². The van der Waals surface area contributed by atoms with Gasteiger partial charge < -0.3 is 9.47 Å². The van der Waals surface area contributed by atoms with Gasteiger partial charge in [0.1, 0.15) is 12.2 Å². The minimum absolute atomic E-state index is 0.159. The predicted molar refractivity (Wildman–Crippen MR) is 118 cm³/mol. The molecule has 2 aromatic carbocycles. The average molecular weight is 526 g/mol. The predicted octanol–water partition coefficient (Wildman–Crippen LogP) is 6.93. The number of ether oxygens (including phenoxy) is 2. The van der Waals surface area contributed by atoms with Gasteiger partial charge >= 0.3 is 24.3 Å². The van der Waals surface area contributed by atoms with E-state index in [2.05, 4.69) is 0 Å². The lowest BCUT2D eigenvalue weighted by Crippen LogP contribution is -2.47. The lowest BCUT2D eigenvalue weighted by Gasteiger charge is -2.42. The molecule has 0 aromatic heterocycles. The van der Waals surface area contributed by atoms with Crippen LogP contribution in [-0.2, 0) is 21.8 Å². The van der Waals surface area contributed by atoms with Gasteiger partial charge in [-0.25, -0.2) is 9.59 Å².